The third-order valence-corrected chi connectivity index (χ3v) is 3.75. The van der Waals surface area contributed by atoms with Gasteiger partial charge in [0.2, 0.25) is 5.91 Å². The first kappa shape index (κ1) is 13.4. The molecule has 19 heavy (non-hydrogen) atoms. The summed E-state index contributed by atoms with van der Waals surface area (Å²) in [7, 11) is 0. The van der Waals surface area contributed by atoms with Gasteiger partial charge in [0.15, 0.2) is 0 Å². The van der Waals surface area contributed by atoms with Crippen molar-refractivity contribution in [3.8, 4) is 6.07 Å². The lowest BCUT2D eigenvalue weighted by Crippen LogP contribution is -2.36. The van der Waals surface area contributed by atoms with E-state index in [1.807, 2.05) is 0 Å². The number of nitro groups is 1. The second kappa shape index (κ2) is 5.71. The van der Waals surface area contributed by atoms with Crippen LogP contribution in [0.1, 0.15) is 6.42 Å². The molecule has 2 heterocycles. The molecule has 100 valence electrons. The van der Waals surface area contributed by atoms with Crippen molar-refractivity contribution in [3.05, 3.63) is 22.5 Å². The van der Waals surface area contributed by atoms with Crippen LogP contribution in [0.25, 0.3) is 0 Å². The van der Waals surface area contributed by atoms with Crippen LogP contribution in [0.15, 0.2) is 12.4 Å². The van der Waals surface area contributed by atoms with Gasteiger partial charge in [-0.05, 0) is 0 Å². The molecule has 1 aromatic rings. The summed E-state index contributed by atoms with van der Waals surface area (Å²) in [6.45, 7) is 0.270. The number of aromatic nitrogens is 2. The second-order valence-electron chi connectivity index (χ2n) is 3.98. The molecule has 0 aliphatic carbocycles. The fourth-order valence-corrected chi connectivity index (χ4v) is 2.82. The van der Waals surface area contributed by atoms with Gasteiger partial charge >= 0.3 is 5.69 Å². The van der Waals surface area contributed by atoms with E-state index in [2.05, 4.69) is 11.2 Å². The quantitative estimate of drug-likeness (QED) is 0.591. The van der Waals surface area contributed by atoms with Crippen molar-refractivity contribution in [2.45, 2.75) is 19.0 Å². The summed E-state index contributed by atoms with van der Waals surface area (Å²) < 4.78 is 1.36. The first-order valence-electron chi connectivity index (χ1n) is 5.55. The largest absolute Gasteiger partial charge is 0.316 e. The monoisotopic (exact) mass is 281 g/mol. The molecule has 0 unspecified atom stereocenters. The lowest BCUT2D eigenvalue weighted by Gasteiger charge is -2.18. The SMILES string of the molecule is N#C[C@@H]1CSCN1C(=O)CCn1cc([N+](=O)[O-])cn1. The molecule has 0 spiro atoms. The lowest BCUT2D eigenvalue weighted by molar-refractivity contribution is -0.385. The summed E-state index contributed by atoms with van der Waals surface area (Å²) in [5.41, 5.74) is -0.0981. The summed E-state index contributed by atoms with van der Waals surface area (Å²) in [6, 6.07) is 1.71. The van der Waals surface area contributed by atoms with E-state index >= 15 is 0 Å². The molecule has 1 saturated heterocycles. The molecule has 0 bridgehead atoms. The van der Waals surface area contributed by atoms with E-state index in [1.54, 1.807) is 11.8 Å². The molecule has 1 aliphatic rings. The Bertz CT molecular complexity index is 538. The highest BCUT2D eigenvalue weighted by atomic mass is 32.2. The zero-order valence-electron chi connectivity index (χ0n) is 9.93. The third-order valence-electron chi connectivity index (χ3n) is 2.74. The first-order chi connectivity index (χ1) is 9.11. The van der Waals surface area contributed by atoms with Crippen molar-refractivity contribution < 1.29 is 9.72 Å². The van der Waals surface area contributed by atoms with Crippen LogP contribution in [0.5, 0.6) is 0 Å². The molecule has 1 aliphatic heterocycles. The maximum atomic E-state index is 11.9. The van der Waals surface area contributed by atoms with Gasteiger partial charge in [0.1, 0.15) is 18.4 Å². The van der Waals surface area contributed by atoms with Gasteiger partial charge in [0.25, 0.3) is 0 Å². The topological polar surface area (TPSA) is 105 Å². The highest BCUT2D eigenvalue weighted by molar-refractivity contribution is 7.99. The van der Waals surface area contributed by atoms with Crippen molar-refractivity contribution in [1.29, 1.82) is 5.26 Å². The molecule has 1 atom stereocenters. The van der Waals surface area contributed by atoms with Gasteiger partial charge in [-0.25, -0.2) is 0 Å². The van der Waals surface area contributed by atoms with Gasteiger partial charge in [-0.2, -0.15) is 10.4 Å². The fraction of sp³-hybridized carbons (Fsp3) is 0.500. The number of nitriles is 1. The number of amides is 1. The normalized spacial score (nSPS) is 18.3. The first-order valence-corrected chi connectivity index (χ1v) is 6.71. The summed E-state index contributed by atoms with van der Waals surface area (Å²) in [6.07, 6.45) is 2.61. The van der Waals surface area contributed by atoms with E-state index in [-0.39, 0.29) is 30.6 Å². The van der Waals surface area contributed by atoms with E-state index < -0.39 is 4.92 Å². The average Bonchev–Trinajstić information content (AvgIpc) is 3.04. The molecule has 0 aromatic carbocycles. The maximum Gasteiger partial charge on any atom is 0.306 e. The molecule has 0 radical (unpaired) electrons. The predicted octanol–water partition coefficient (Wildman–Crippen LogP) is 0.606. The number of carbonyl (C=O) groups excluding carboxylic acids is 1. The van der Waals surface area contributed by atoms with Crippen molar-refractivity contribution in [3.63, 3.8) is 0 Å². The number of thioether (sulfide) groups is 1. The third kappa shape index (κ3) is 3.03. The van der Waals surface area contributed by atoms with Crippen LogP contribution >= 0.6 is 11.8 Å². The van der Waals surface area contributed by atoms with Crippen molar-refractivity contribution in [2.24, 2.45) is 0 Å². The molecule has 0 saturated carbocycles. The second-order valence-corrected chi connectivity index (χ2v) is 4.98. The van der Waals surface area contributed by atoms with E-state index in [1.165, 1.54) is 15.8 Å². The summed E-state index contributed by atoms with van der Waals surface area (Å²) in [5, 5.41) is 23.2. The minimum atomic E-state index is -0.534. The Morgan fingerprint density at radius 2 is 2.53 bits per heavy atom. The van der Waals surface area contributed by atoms with E-state index in [0.29, 0.717) is 11.6 Å². The van der Waals surface area contributed by atoms with E-state index in [9.17, 15) is 14.9 Å². The fourth-order valence-electron chi connectivity index (χ4n) is 1.72. The minimum absolute atomic E-state index is 0.0981. The Balaban J connectivity index is 1.89. The van der Waals surface area contributed by atoms with Crippen LogP contribution in [0, 0.1) is 21.4 Å². The Morgan fingerprint density at radius 3 is 3.16 bits per heavy atom. The Morgan fingerprint density at radius 1 is 1.74 bits per heavy atom. The maximum absolute atomic E-state index is 11.9. The molecule has 1 fully saturated rings. The van der Waals surface area contributed by atoms with Crippen LogP contribution in [-0.4, -0.2) is 43.2 Å². The molecular weight excluding hydrogens is 270 g/mol. The number of hydrogen-bond acceptors (Lipinski definition) is 6. The number of rotatable bonds is 4. The van der Waals surface area contributed by atoms with Crippen LogP contribution in [0.2, 0.25) is 0 Å². The van der Waals surface area contributed by atoms with Crippen molar-refractivity contribution in [2.75, 3.05) is 11.6 Å². The highest BCUT2D eigenvalue weighted by Gasteiger charge is 2.28. The Labute approximate surface area is 113 Å². The molecule has 1 aromatic heterocycles. The molecule has 9 heteroatoms. The molecule has 8 nitrogen and oxygen atoms in total. The molecule has 0 N–H and O–H groups in total. The zero-order chi connectivity index (χ0) is 13.8. The predicted molar refractivity (Wildman–Crippen MR) is 67.1 cm³/mol. The van der Waals surface area contributed by atoms with Gasteiger partial charge in [-0.15, -0.1) is 11.8 Å². The van der Waals surface area contributed by atoms with Crippen molar-refractivity contribution >= 4 is 23.4 Å². The van der Waals surface area contributed by atoms with Gasteiger partial charge in [0.05, 0.1) is 16.9 Å². The summed E-state index contributed by atoms with van der Waals surface area (Å²) >= 11 is 1.54. The van der Waals surface area contributed by atoms with E-state index in [0.717, 1.165) is 6.20 Å². The minimum Gasteiger partial charge on any atom is -0.316 e. The lowest BCUT2D eigenvalue weighted by atomic mass is 10.3. The Kier molecular flexibility index (Phi) is 4.01. The van der Waals surface area contributed by atoms with Gasteiger partial charge in [0, 0.05) is 18.7 Å². The smallest absolute Gasteiger partial charge is 0.306 e. The Hall–Kier alpha value is -2.08. The number of aryl methyl sites for hydroxylation is 1. The summed E-state index contributed by atoms with van der Waals surface area (Å²) in [5.74, 6) is 1.03. The number of nitrogens with zero attached hydrogens (tertiary/aromatic N) is 5. The number of hydrogen-bond donors (Lipinski definition) is 0. The van der Waals surface area contributed by atoms with Gasteiger partial charge < -0.3 is 4.90 Å². The molecule has 1 amide bonds. The molecular formula is C10H11N5O3S. The summed E-state index contributed by atoms with van der Waals surface area (Å²) in [4.78, 5) is 23.4. The van der Waals surface area contributed by atoms with Gasteiger partial charge in [-0.1, -0.05) is 0 Å². The van der Waals surface area contributed by atoms with Crippen LogP contribution < -0.4 is 0 Å². The van der Waals surface area contributed by atoms with Crippen molar-refractivity contribution in [1.82, 2.24) is 14.7 Å². The van der Waals surface area contributed by atoms with Crippen LogP contribution in [0.3, 0.4) is 0 Å². The van der Waals surface area contributed by atoms with E-state index in [4.69, 9.17) is 5.26 Å². The average molecular weight is 281 g/mol. The number of carbonyl (C=O) groups is 1. The molecule has 2 rings (SSSR count). The van der Waals surface area contributed by atoms with Gasteiger partial charge in [-0.3, -0.25) is 19.6 Å². The highest BCUT2D eigenvalue weighted by Crippen LogP contribution is 2.21. The zero-order valence-corrected chi connectivity index (χ0v) is 10.7. The van der Waals surface area contributed by atoms with Crippen LogP contribution in [0.4, 0.5) is 5.69 Å². The standard InChI is InChI=1S/C10H11N5O3S/c11-3-8-6-19-7-14(8)10(16)1-2-13-5-9(4-12-13)15(17)18/h4-5,8H,1-2,6-7H2/t8-/m1/s1. The van der Waals surface area contributed by atoms with Crippen LogP contribution in [-0.2, 0) is 11.3 Å².